The van der Waals surface area contributed by atoms with Gasteiger partial charge in [-0.2, -0.15) is 0 Å². The molecule has 0 aliphatic carbocycles. The summed E-state index contributed by atoms with van der Waals surface area (Å²) in [5, 5.41) is 0. The quantitative estimate of drug-likeness (QED) is 0.446. The second kappa shape index (κ2) is 10.2. The van der Waals surface area contributed by atoms with Crippen LogP contribution in [0.5, 0.6) is 0 Å². The fourth-order valence-electron chi connectivity index (χ4n) is 3.85. The highest BCUT2D eigenvalue weighted by atomic mass is 16.5. The smallest absolute Gasteiger partial charge is 0.221 e. The summed E-state index contributed by atoms with van der Waals surface area (Å²) in [7, 11) is 2.26. The molecule has 148 valence electrons. The zero-order valence-electron chi connectivity index (χ0n) is 17.2. The molecule has 28 heavy (non-hydrogen) atoms. The van der Waals surface area contributed by atoms with E-state index in [4.69, 9.17) is 9.73 Å². The maximum atomic E-state index is 5.89. The number of para-hydroxylation sites is 1. The van der Waals surface area contributed by atoms with Crippen molar-refractivity contribution < 1.29 is 4.74 Å². The molecule has 1 fully saturated rings. The standard InChI is InChI=1S/C25H32N2O/c1-4-20-13-15-22(16-14-20)25(28-5-2)26-24-12-7-6-10-21(24)17-18-23-11-8-9-19-27(23)3/h4,6-7,10,12-16,23H,1,5,8-9,11,17-19H2,2-3H3. The fourth-order valence-corrected chi connectivity index (χ4v) is 3.85. The SMILES string of the molecule is C=Cc1ccc(C(=Nc2ccccc2CCC2CCCCN2C)OCC)cc1. The van der Waals surface area contributed by atoms with Gasteiger partial charge in [0.05, 0.1) is 12.3 Å². The summed E-state index contributed by atoms with van der Waals surface area (Å²) >= 11 is 0. The van der Waals surface area contributed by atoms with Gasteiger partial charge in [-0.15, -0.1) is 0 Å². The molecular weight excluding hydrogens is 344 g/mol. The first kappa shape index (κ1) is 20.3. The number of aliphatic imine (C=N–C) groups is 1. The monoisotopic (exact) mass is 376 g/mol. The highest BCUT2D eigenvalue weighted by Gasteiger charge is 2.19. The van der Waals surface area contributed by atoms with E-state index in [1.54, 1.807) is 0 Å². The van der Waals surface area contributed by atoms with Crippen molar-refractivity contribution in [2.24, 2.45) is 4.99 Å². The number of hydrogen-bond acceptors (Lipinski definition) is 3. The predicted octanol–water partition coefficient (Wildman–Crippen LogP) is 5.86. The van der Waals surface area contributed by atoms with Crippen molar-refractivity contribution in [2.45, 2.75) is 45.1 Å². The van der Waals surface area contributed by atoms with Gasteiger partial charge in [0.15, 0.2) is 0 Å². The zero-order chi connectivity index (χ0) is 19.8. The van der Waals surface area contributed by atoms with Gasteiger partial charge < -0.3 is 9.64 Å². The van der Waals surface area contributed by atoms with Gasteiger partial charge >= 0.3 is 0 Å². The van der Waals surface area contributed by atoms with Gasteiger partial charge in [-0.1, -0.05) is 49.4 Å². The Morgan fingerprint density at radius 1 is 1.18 bits per heavy atom. The molecule has 3 heteroatoms. The molecule has 1 heterocycles. The summed E-state index contributed by atoms with van der Waals surface area (Å²) < 4.78 is 5.89. The average molecular weight is 377 g/mol. The van der Waals surface area contributed by atoms with E-state index < -0.39 is 0 Å². The Kier molecular flexibility index (Phi) is 7.44. The predicted molar refractivity (Wildman–Crippen MR) is 119 cm³/mol. The highest BCUT2D eigenvalue weighted by Crippen LogP contribution is 2.25. The van der Waals surface area contributed by atoms with E-state index in [-0.39, 0.29) is 0 Å². The van der Waals surface area contributed by atoms with Crippen LogP contribution in [0.2, 0.25) is 0 Å². The second-order valence-corrected chi connectivity index (χ2v) is 7.47. The first-order valence-electron chi connectivity index (χ1n) is 10.4. The maximum absolute atomic E-state index is 5.89. The molecule has 0 saturated carbocycles. The number of nitrogens with zero attached hydrogens (tertiary/aromatic N) is 2. The van der Waals surface area contributed by atoms with E-state index in [0.717, 1.165) is 23.2 Å². The summed E-state index contributed by atoms with van der Waals surface area (Å²) in [6.45, 7) is 7.64. The first-order valence-corrected chi connectivity index (χ1v) is 10.4. The molecule has 0 spiro atoms. The van der Waals surface area contributed by atoms with Crippen LogP contribution in [-0.2, 0) is 11.2 Å². The van der Waals surface area contributed by atoms with Crippen LogP contribution in [0.4, 0.5) is 5.69 Å². The number of hydrogen-bond donors (Lipinski definition) is 0. The Morgan fingerprint density at radius 3 is 2.68 bits per heavy atom. The molecule has 2 aromatic carbocycles. The summed E-state index contributed by atoms with van der Waals surface area (Å²) in [5.74, 6) is 0.681. The Balaban J connectivity index is 1.81. The zero-order valence-corrected chi connectivity index (χ0v) is 17.2. The molecule has 0 N–H and O–H groups in total. The molecule has 0 bridgehead atoms. The lowest BCUT2D eigenvalue weighted by atomic mass is 9.96. The average Bonchev–Trinajstić information content (AvgIpc) is 2.74. The lowest BCUT2D eigenvalue weighted by Gasteiger charge is -2.32. The largest absolute Gasteiger partial charge is 0.478 e. The first-order chi connectivity index (χ1) is 13.7. The summed E-state index contributed by atoms with van der Waals surface area (Å²) in [6.07, 6.45) is 8.06. The van der Waals surface area contributed by atoms with Crippen molar-refractivity contribution in [1.29, 1.82) is 0 Å². The summed E-state index contributed by atoms with van der Waals surface area (Å²) in [5.41, 5.74) is 4.39. The van der Waals surface area contributed by atoms with Crippen molar-refractivity contribution in [3.05, 3.63) is 71.8 Å². The molecule has 1 aliphatic rings. The molecular formula is C25H32N2O. The van der Waals surface area contributed by atoms with Gasteiger partial charge in [0.1, 0.15) is 0 Å². The minimum absolute atomic E-state index is 0.594. The van der Waals surface area contributed by atoms with E-state index in [1.807, 2.05) is 37.3 Å². The third-order valence-electron chi connectivity index (χ3n) is 5.56. The number of aryl methyl sites for hydroxylation is 1. The number of piperidine rings is 1. The van der Waals surface area contributed by atoms with E-state index in [9.17, 15) is 0 Å². The second-order valence-electron chi connectivity index (χ2n) is 7.47. The van der Waals surface area contributed by atoms with Gasteiger partial charge in [-0.3, -0.25) is 0 Å². The minimum Gasteiger partial charge on any atom is -0.478 e. The van der Waals surface area contributed by atoms with E-state index >= 15 is 0 Å². The Morgan fingerprint density at radius 2 is 1.96 bits per heavy atom. The van der Waals surface area contributed by atoms with Crippen LogP contribution in [0.3, 0.4) is 0 Å². The minimum atomic E-state index is 0.594. The van der Waals surface area contributed by atoms with Crippen LogP contribution >= 0.6 is 0 Å². The lowest BCUT2D eigenvalue weighted by Crippen LogP contribution is -2.36. The van der Waals surface area contributed by atoms with Gasteiger partial charge in [-0.25, -0.2) is 4.99 Å². The molecule has 0 aromatic heterocycles. The molecule has 1 aliphatic heterocycles. The molecule has 1 saturated heterocycles. The van der Waals surface area contributed by atoms with Crippen LogP contribution in [0, 0.1) is 0 Å². The van der Waals surface area contributed by atoms with Crippen molar-refractivity contribution in [2.75, 3.05) is 20.2 Å². The number of benzene rings is 2. The van der Waals surface area contributed by atoms with E-state index in [2.05, 4.69) is 42.8 Å². The molecule has 2 aromatic rings. The third-order valence-corrected chi connectivity index (χ3v) is 5.56. The normalized spacial score (nSPS) is 18.1. The fraction of sp³-hybridized carbons (Fsp3) is 0.400. The van der Waals surface area contributed by atoms with E-state index in [0.29, 0.717) is 18.5 Å². The van der Waals surface area contributed by atoms with Crippen LogP contribution in [0.15, 0.2) is 60.1 Å². The van der Waals surface area contributed by atoms with Crippen molar-refractivity contribution in [3.63, 3.8) is 0 Å². The Hall–Kier alpha value is -2.39. The van der Waals surface area contributed by atoms with Crippen molar-refractivity contribution in [1.82, 2.24) is 4.90 Å². The number of ether oxygens (including phenoxy) is 1. The van der Waals surface area contributed by atoms with Crippen LogP contribution in [0.25, 0.3) is 6.08 Å². The molecule has 3 nitrogen and oxygen atoms in total. The van der Waals surface area contributed by atoms with Crippen LogP contribution in [0.1, 0.15) is 49.3 Å². The molecule has 0 radical (unpaired) electrons. The molecule has 3 rings (SSSR count). The van der Waals surface area contributed by atoms with Gasteiger partial charge in [0.25, 0.3) is 0 Å². The topological polar surface area (TPSA) is 24.8 Å². The van der Waals surface area contributed by atoms with Crippen molar-refractivity contribution >= 4 is 17.7 Å². The van der Waals surface area contributed by atoms with E-state index in [1.165, 1.54) is 37.8 Å². The van der Waals surface area contributed by atoms with Gasteiger partial charge in [-0.05, 0) is 75.5 Å². The van der Waals surface area contributed by atoms with Crippen LogP contribution < -0.4 is 0 Å². The summed E-state index contributed by atoms with van der Waals surface area (Å²) in [6, 6.07) is 17.3. The number of rotatable bonds is 7. The number of likely N-dealkylation sites (tertiary alicyclic amines) is 1. The van der Waals surface area contributed by atoms with Crippen LogP contribution in [-0.4, -0.2) is 37.0 Å². The van der Waals surface area contributed by atoms with Crippen molar-refractivity contribution in [3.8, 4) is 0 Å². The highest BCUT2D eigenvalue weighted by molar-refractivity contribution is 5.96. The third kappa shape index (κ3) is 5.32. The Labute approximate surface area is 169 Å². The molecule has 1 atom stereocenters. The summed E-state index contributed by atoms with van der Waals surface area (Å²) in [4.78, 5) is 7.43. The molecule has 1 unspecified atom stereocenters. The maximum Gasteiger partial charge on any atom is 0.221 e. The lowest BCUT2D eigenvalue weighted by molar-refractivity contribution is 0.176. The Bertz CT molecular complexity index is 794. The van der Waals surface area contributed by atoms with Gasteiger partial charge in [0, 0.05) is 11.6 Å². The van der Waals surface area contributed by atoms with Gasteiger partial charge in [0.2, 0.25) is 5.90 Å². The molecule has 0 amide bonds.